The van der Waals surface area contributed by atoms with Crippen molar-refractivity contribution in [3.8, 4) is 5.69 Å². The van der Waals surface area contributed by atoms with Crippen LogP contribution in [-0.4, -0.2) is 21.4 Å². The summed E-state index contributed by atoms with van der Waals surface area (Å²) in [7, 11) is 0. The minimum absolute atomic E-state index is 0.0264. The number of nitrogens with zero attached hydrogens (tertiary/aromatic N) is 2. The van der Waals surface area contributed by atoms with Crippen LogP contribution in [0.5, 0.6) is 0 Å². The summed E-state index contributed by atoms with van der Waals surface area (Å²) in [5.74, 6) is 0.324. The number of aromatic nitrogens is 2. The summed E-state index contributed by atoms with van der Waals surface area (Å²) in [5.41, 5.74) is 7.09. The summed E-state index contributed by atoms with van der Waals surface area (Å²) < 4.78 is 1.88. The van der Waals surface area contributed by atoms with Gasteiger partial charge in [-0.3, -0.25) is 4.79 Å². The summed E-state index contributed by atoms with van der Waals surface area (Å²) in [6, 6.07) is 28.9. The molecule has 4 nitrogen and oxygen atoms in total. The molecule has 0 saturated carbocycles. The Bertz CT molecular complexity index is 1150. The highest BCUT2D eigenvalue weighted by Crippen LogP contribution is 2.35. The summed E-state index contributed by atoms with van der Waals surface area (Å²) in [5, 5.41) is 7.84. The third-order valence-electron chi connectivity index (χ3n) is 5.42. The van der Waals surface area contributed by atoms with Crippen molar-refractivity contribution in [2.45, 2.75) is 26.0 Å². The first-order valence-electron chi connectivity index (χ1n) is 10.7. The van der Waals surface area contributed by atoms with E-state index in [4.69, 9.17) is 0 Å². The second kappa shape index (κ2) is 9.88. The smallest absolute Gasteiger partial charge is 0.234 e. The van der Waals surface area contributed by atoms with Crippen LogP contribution in [0.3, 0.4) is 0 Å². The van der Waals surface area contributed by atoms with E-state index in [1.807, 2.05) is 67.1 Å². The van der Waals surface area contributed by atoms with Gasteiger partial charge >= 0.3 is 0 Å². The number of hydrogen-bond donors (Lipinski definition) is 1. The lowest BCUT2D eigenvalue weighted by atomic mass is 10.0. The molecule has 0 bridgehead atoms. The first kappa shape index (κ1) is 21.9. The van der Waals surface area contributed by atoms with Crippen LogP contribution in [0.2, 0.25) is 0 Å². The van der Waals surface area contributed by atoms with Crippen LogP contribution in [0.25, 0.3) is 5.69 Å². The van der Waals surface area contributed by atoms with Crippen molar-refractivity contribution in [3.63, 3.8) is 0 Å². The Morgan fingerprint density at radius 1 is 0.875 bits per heavy atom. The maximum absolute atomic E-state index is 12.9. The molecule has 32 heavy (non-hydrogen) atoms. The molecular weight excluding hydrogens is 414 g/mol. The predicted octanol–water partition coefficient (Wildman–Crippen LogP) is 6.26. The highest BCUT2D eigenvalue weighted by molar-refractivity contribution is 8.00. The van der Waals surface area contributed by atoms with E-state index in [9.17, 15) is 4.79 Å². The van der Waals surface area contributed by atoms with Gasteiger partial charge in [0.15, 0.2) is 0 Å². The van der Waals surface area contributed by atoms with E-state index < -0.39 is 0 Å². The molecule has 4 rings (SSSR count). The number of carbonyl (C=O) groups is 1. The number of benzene rings is 3. The van der Waals surface area contributed by atoms with Gasteiger partial charge in [0, 0.05) is 0 Å². The van der Waals surface area contributed by atoms with Gasteiger partial charge in [-0.1, -0.05) is 78.4 Å². The topological polar surface area (TPSA) is 46.9 Å². The normalized spacial score (nSPS) is 11.0. The van der Waals surface area contributed by atoms with E-state index in [2.05, 4.69) is 53.7 Å². The number of nitrogens with one attached hydrogen (secondary N) is 1. The molecule has 0 unspecified atom stereocenters. The maximum Gasteiger partial charge on any atom is 0.234 e. The van der Waals surface area contributed by atoms with Crippen LogP contribution in [0.4, 0.5) is 5.69 Å². The molecule has 162 valence electrons. The van der Waals surface area contributed by atoms with E-state index in [-0.39, 0.29) is 11.2 Å². The fraction of sp³-hybridized carbons (Fsp3) is 0.185. The van der Waals surface area contributed by atoms with Gasteiger partial charge in [0.05, 0.1) is 33.8 Å². The maximum atomic E-state index is 12.9. The fourth-order valence-corrected chi connectivity index (χ4v) is 4.83. The van der Waals surface area contributed by atoms with Crippen molar-refractivity contribution < 1.29 is 4.79 Å². The summed E-state index contributed by atoms with van der Waals surface area (Å²) in [6.45, 7) is 5.98. The Morgan fingerprint density at radius 3 is 2.00 bits per heavy atom. The van der Waals surface area contributed by atoms with Crippen LogP contribution in [0.15, 0.2) is 84.9 Å². The summed E-state index contributed by atoms with van der Waals surface area (Å²) in [4.78, 5) is 12.9. The molecule has 0 aliphatic heterocycles. The Balaban J connectivity index is 1.49. The Hall–Kier alpha value is -3.31. The largest absolute Gasteiger partial charge is 0.322 e. The molecule has 0 fully saturated rings. The highest BCUT2D eigenvalue weighted by Gasteiger charge is 2.19. The average Bonchev–Trinajstić information content (AvgIpc) is 3.09. The Morgan fingerprint density at radius 2 is 1.44 bits per heavy atom. The van der Waals surface area contributed by atoms with Gasteiger partial charge in [0.1, 0.15) is 0 Å². The van der Waals surface area contributed by atoms with Gasteiger partial charge in [0.25, 0.3) is 0 Å². The molecule has 0 saturated heterocycles. The van der Waals surface area contributed by atoms with E-state index in [0.717, 1.165) is 22.8 Å². The van der Waals surface area contributed by atoms with Crippen LogP contribution in [0.1, 0.15) is 33.3 Å². The zero-order chi connectivity index (χ0) is 22.5. The predicted molar refractivity (Wildman–Crippen MR) is 134 cm³/mol. The number of rotatable bonds is 7. The van der Waals surface area contributed by atoms with Crippen LogP contribution < -0.4 is 5.32 Å². The minimum Gasteiger partial charge on any atom is -0.322 e. The minimum atomic E-state index is -0.0264. The van der Waals surface area contributed by atoms with Gasteiger partial charge in [0.2, 0.25) is 5.91 Å². The number of hydrogen-bond acceptors (Lipinski definition) is 3. The van der Waals surface area contributed by atoms with Gasteiger partial charge in [-0.15, -0.1) is 11.8 Å². The number of aryl methyl sites for hydroxylation is 2. The van der Waals surface area contributed by atoms with E-state index in [1.165, 1.54) is 16.7 Å². The SMILES string of the molecule is Cc1ccc(-n2nc(C)c(NC(=O)CSC(c3ccccc3)c3ccccc3)c2C)cc1. The molecule has 1 aromatic heterocycles. The van der Waals surface area contributed by atoms with Crippen molar-refractivity contribution in [1.29, 1.82) is 0 Å². The van der Waals surface area contributed by atoms with Crippen molar-refractivity contribution in [2.75, 3.05) is 11.1 Å². The van der Waals surface area contributed by atoms with Crippen molar-refractivity contribution >= 4 is 23.4 Å². The van der Waals surface area contributed by atoms with Gasteiger partial charge in [-0.05, 0) is 44.0 Å². The van der Waals surface area contributed by atoms with E-state index in [0.29, 0.717) is 5.75 Å². The Kier molecular flexibility index (Phi) is 6.76. The molecule has 3 aromatic carbocycles. The average molecular weight is 442 g/mol. The molecule has 0 spiro atoms. The Labute approximate surface area is 193 Å². The second-order valence-electron chi connectivity index (χ2n) is 7.85. The third-order valence-corrected chi connectivity index (χ3v) is 6.73. The van der Waals surface area contributed by atoms with Crippen LogP contribution >= 0.6 is 11.8 Å². The molecule has 5 heteroatoms. The lowest BCUT2D eigenvalue weighted by molar-refractivity contribution is -0.113. The van der Waals surface area contributed by atoms with Gasteiger partial charge in [-0.25, -0.2) is 4.68 Å². The second-order valence-corrected chi connectivity index (χ2v) is 8.95. The fourth-order valence-electron chi connectivity index (χ4n) is 3.74. The van der Waals surface area contributed by atoms with E-state index in [1.54, 1.807) is 11.8 Å². The number of thioether (sulfide) groups is 1. The molecule has 4 aromatic rings. The van der Waals surface area contributed by atoms with Crippen molar-refractivity contribution in [1.82, 2.24) is 9.78 Å². The molecule has 0 aliphatic carbocycles. The summed E-state index contributed by atoms with van der Waals surface area (Å²) in [6.07, 6.45) is 0. The summed E-state index contributed by atoms with van der Waals surface area (Å²) >= 11 is 1.63. The third kappa shape index (κ3) is 4.94. The molecule has 1 heterocycles. The molecule has 0 atom stereocenters. The lowest BCUT2D eigenvalue weighted by Crippen LogP contribution is -2.16. The zero-order valence-electron chi connectivity index (χ0n) is 18.6. The molecule has 0 aliphatic rings. The first-order chi connectivity index (χ1) is 15.5. The first-order valence-corrected chi connectivity index (χ1v) is 11.7. The number of anilines is 1. The monoisotopic (exact) mass is 441 g/mol. The van der Waals surface area contributed by atoms with E-state index >= 15 is 0 Å². The molecule has 1 amide bonds. The lowest BCUT2D eigenvalue weighted by Gasteiger charge is -2.17. The van der Waals surface area contributed by atoms with Crippen LogP contribution in [-0.2, 0) is 4.79 Å². The molecule has 1 N–H and O–H groups in total. The van der Waals surface area contributed by atoms with Crippen molar-refractivity contribution in [3.05, 3.63) is 113 Å². The highest BCUT2D eigenvalue weighted by atomic mass is 32.2. The molecular formula is C27H27N3OS. The van der Waals surface area contributed by atoms with Gasteiger partial charge in [-0.2, -0.15) is 5.10 Å². The quantitative estimate of drug-likeness (QED) is 0.368. The zero-order valence-corrected chi connectivity index (χ0v) is 19.4. The van der Waals surface area contributed by atoms with Crippen molar-refractivity contribution in [2.24, 2.45) is 0 Å². The number of carbonyl (C=O) groups excluding carboxylic acids is 1. The van der Waals surface area contributed by atoms with Gasteiger partial charge < -0.3 is 5.32 Å². The van der Waals surface area contributed by atoms with Crippen LogP contribution in [0, 0.1) is 20.8 Å². The standard InChI is InChI=1S/C27H27N3OS/c1-19-14-16-24(17-15-19)30-21(3)26(20(2)29-30)28-25(31)18-32-27(22-10-6-4-7-11-22)23-12-8-5-9-13-23/h4-17,27H,18H2,1-3H3,(H,28,31). The molecule has 0 radical (unpaired) electrons. The number of amides is 1.